The molecule has 0 bridgehead atoms. The van der Waals surface area contributed by atoms with E-state index in [4.69, 9.17) is 0 Å². The van der Waals surface area contributed by atoms with Crippen molar-refractivity contribution in [2.24, 2.45) is 0 Å². The molecule has 26 heavy (non-hydrogen) atoms. The van der Waals surface area contributed by atoms with Gasteiger partial charge in [-0.1, -0.05) is 18.2 Å². The van der Waals surface area contributed by atoms with Crippen molar-refractivity contribution in [1.29, 1.82) is 0 Å². The van der Waals surface area contributed by atoms with Crippen LogP contribution in [0, 0.1) is 0 Å². The third kappa shape index (κ3) is 4.75. The van der Waals surface area contributed by atoms with E-state index in [1.54, 1.807) is 17.8 Å². The SMILES string of the molecule is C=CCSc1ccccc1NC(=O)c1ccc(S(=O)(=O)NC2CC2)cc1. The Morgan fingerprint density at radius 2 is 1.85 bits per heavy atom. The molecule has 2 aromatic rings. The van der Waals surface area contributed by atoms with Crippen LogP contribution in [0.1, 0.15) is 23.2 Å². The average Bonchev–Trinajstić information content (AvgIpc) is 3.44. The highest BCUT2D eigenvalue weighted by Gasteiger charge is 2.27. The predicted molar refractivity (Wildman–Crippen MR) is 105 cm³/mol. The Morgan fingerprint density at radius 3 is 2.50 bits per heavy atom. The van der Waals surface area contributed by atoms with E-state index < -0.39 is 10.0 Å². The number of benzene rings is 2. The van der Waals surface area contributed by atoms with Gasteiger partial charge in [-0.2, -0.15) is 0 Å². The molecule has 0 aromatic heterocycles. The van der Waals surface area contributed by atoms with Crippen molar-refractivity contribution in [3.8, 4) is 0 Å². The fourth-order valence-corrected chi connectivity index (χ4v) is 4.36. The molecule has 3 rings (SSSR count). The maximum absolute atomic E-state index is 12.5. The highest BCUT2D eigenvalue weighted by molar-refractivity contribution is 7.99. The molecule has 1 aliphatic carbocycles. The van der Waals surface area contributed by atoms with E-state index in [1.165, 1.54) is 24.3 Å². The summed E-state index contributed by atoms with van der Waals surface area (Å²) in [4.78, 5) is 13.6. The van der Waals surface area contributed by atoms with E-state index in [0.717, 1.165) is 29.2 Å². The molecule has 7 heteroatoms. The quantitative estimate of drug-likeness (QED) is 0.535. The zero-order valence-electron chi connectivity index (χ0n) is 14.1. The van der Waals surface area contributed by atoms with E-state index in [1.807, 2.05) is 24.3 Å². The van der Waals surface area contributed by atoms with Gasteiger partial charge in [-0.15, -0.1) is 18.3 Å². The second kappa shape index (κ2) is 8.07. The van der Waals surface area contributed by atoms with Gasteiger partial charge in [0.15, 0.2) is 0 Å². The Hall–Kier alpha value is -2.09. The van der Waals surface area contributed by atoms with Crippen molar-refractivity contribution in [1.82, 2.24) is 4.72 Å². The lowest BCUT2D eigenvalue weighted by Gasteiger charge is -2.11. The van der Waals surface area contributed by atoms with Crippen LogP contribution in [0.25, 0.3) is 0 Å². The Morgan fingerprint density at radius 1 is 1.15 bits per heavy atom. The van der Waals surface area contributed by atoms with Crippen LogP contribution in [-0.2, 0) is 10.0 Å². The van der Waals surface area contributed by atoms with E-state index >= 15 is 0 Å². The molecule has 0 saturated heterocycles. The topological polar surface area (TPSA) is 75.3 Å². The summed E-state index contributed by atoms with van der Waals surface area (Å²) in [5, 5.41) is 2.88. The Labute approximate surface area is 157 Å². The first-order chi connectivity index (χ1) is 12.5. The number of nitrogens with one attached hydrogen (secondary N) is 2. The predicted octanol–water partition coefficient (Wildman–Crippen LogP) is 3.66. The van der Waals surface area contributed by atoms with Crippen LogP contribution in [0.2, 0.25) is 0 Å². The molecule has 1 aliphatic rings. The Bertz CT molecular complexity index is 905. The fourth-order valence-electron chi connectivity index (χ4n) is 2.31. The summed E-state index contributed by atoms with van der Waals surface area (Å²) in [5.74, 6) is 0.462. The summed E-state index contributed by atoms with van der Waals surface area (Å²) in [6.07, 6.45) is 3.56. The van der Waals surface area contributed by atoms with E-state index in [9.17, 15) is 13.2 Å². The molecule has 0 aliphatic heterocycles. The number of amides is 1. The summed E-state index contributed by atoms with van der Waals surface area (Å²) in [6.45, 7) is 3.70. The van der Waals surface area contributed by atoms with Gasteiger partial charge in [-0.3, -0.25) is 4.79 Å². The number of rotatable bonds is 8. The van der Waals surface area contributed by atoms with Crippen LogP contribution in [0.15, 0.2) is 71.0 Å². The molecule has 2 N–H and O–H groups in total. The van der Waals surface area contributed by atoms with Crippen LogP contribution >= 0.6 is 11.8 Å². The standard InChI is InChI=1S/C19H20N2O3S2/c1-2-13-25-18-6-4-3-5-17(18)20-19(22)14-7-11-16(12-8-14)26(23,24)21-15-9-10-15/h2-8,11-12,15,21H,1,9-10,13H2,(H,20,22). The summed E-state index contributed by atoms with van der Waals surface area (Å²) in [7, 11) is -3.51. The molecule has 5 nitrogen and oxygen atoms in total. The van der Waals surface area contributed by atoms with Crippen molar-refractivity contribution in [2.75, 3.05) is 11.1 Å². The van der Waals surface area contributed by atoms with Crippen LogP contribution in [0.3, 0.4) is 0 Å². The number of hydrogen-bond donors (Lipinski definition) is 2. The summed E-state index contributed by atoms with van der Waals surface area (Å²) in [5.41, 5.74) is 1.12. The number of anilines is 1. The summed E-state index contributed by atoms with van der Waals surface area (Å²) >= 11 is 1.58. The number of carbonyl (C=O) groups excluding carboxylic acids is 1. The first-order valence-corrected chi connectivity index (χ1v) is 10.7. The lowest BCUT2D eigenvalue weighted by atomic mass is 10.2. The molecule has 1 amide bonds. The summed E-state index contributed by atoms with van der Waals surface area (Å²) < 4.78 is 27.0. The third-order valence-electron chi connectivity index (χ3n) is 3.82. The number of thioether (sulfide) groups is 1. The number of hydrogen-bond acceptors (Lipinski definition) is 4. The van der Waals surface area contributed by atoms with Crippen molar-refractivity contribution in [2.45, 2.75) is 28.7 Å². The van der Waals surface area contributed by atoms with Crippen LogP contribution in [0.5, 0.6) is 0 Å². The van der Waals surface area contributed by atoms with Crippen molar-refractivity contribution >= 4 is 33.4 Å². The second-order valence-corrected chi connectivity index (χ2v) is 8.75. The van der Waals surface area contributed by atoms with Gasteiger partial charge in [0.25, 0.3) is 5.91 Å². The minimum absolute atomic E-state index is 0.0487. The Balaban J connectivity index is 1.71. The van der Waals surface area contributed by atoms with Crippen LogP contribution in [0.4, 0.5) is 5.69 Å². The van der Waals surface area contributed by atoms with Gasteiger partial charge in [0.1, 0.15) is 0 Å². The highest BCUT2D eigenvalue weighted by Crippen LogP contribution is 2.27. The molecule has 0 heterocycles. The van der Waals surface area contributed by atoms with Gasteiger partial charge in [0.2, 0.25) is 10.0 Å². The van der Waals surface area contributed by atoms with Crippen LogP contribution < -0.4 is 10.0 Å². The lowest BCUT2D eigenvalue weighted by molar-refractivity contribution is 0.102. The minimum atomic E-state index is -3.51. The number of sulfonamides is 1. The molecule has 0 spiro atoms. The van der Waals surface area contributed by atoms with Gasteiger partial charge < -0.3 is 5.32 Å². The van der Waals surface area contributed by atoms with E-state index in [0.29, 0.717) is 5.56 Å². The average molecular weight is 389 g/mol. The molecule has 2 aromatic carbocycles. The van der Waals surface area contributed by atoms with E-state index in [2.05, 4.69) is 16.6 Å². The Kier molecular flexibility index (Phi) is 5.80. The molecular formula is C19H20N2O3S2. The van der Waals surface area contributed by atoms with E-state index in [-0.39, 0.29) is 16.8 Å². The van der Waals surface area contributed by atoms with Crippen molar-refractivity contribution in [3.63, 3.8) is 0 Å². The first-order valence-electron chi connectivity index (χ1n) is 8.26. The first kappa shape index (κ1) is 18.7. The van der Waals surface area contributed by atoms with Crippen LogP contribution in [-0.4, -0.2) is 26.1 Å². The maximum Gasteiger partial charge on any atom is 0.255 e. The second-order valence-electron chi connectivity index (χ2n) is 5.97. The maximum atomic E-state index is 12.5. The monoisotopic (exact) mass is 388 g/mol. The highest BCUT2D eigenvalue weighted by atomic mass is 32.2. The fraction of sp³-hybridized carbons (Fsp3) is 0.211. The largest absolute Gasteiger partial charge is 0.321 e. The lowest BCUT2D eigenvalue weighted by Crippen LogP contribution is -2.25. The molecule has 0 unspecified atom stereocenters. The zero-order chi connectivity index (χ0) is 18.6. The molecule has 1 saturated carbocycles. The molecular weight excluding hydrogens is 368 g/mol. The summed E-state index contributed by atoms with van der Waals surface area (Å²) in [6, 6.07) is 13.5. The van der Waals surface area contributed by atoms with Crippen molar-refractivity contribution < 1.29 is 13.2 Å². The van der Waals surface area contributed by atoms with Gasteiger partial charge >= 0.3 is 0 Å². The molecule has 0 radical (unpaired) electrons. The smallest absolute Gasteiger partial charge is 0.255 e. The minimum Gasteiger partial charge on any atom is -0.321 e. The van der Waals surface area contributed by atoms with Gasteiger partial charge in [0.05, 0.1) is 10.6 Å². The van der Waals surface area contributed by atoms with Gasteiger partial charge in [-0.05, 0) is 49.2 Å². The number of para-hydroxylation sites is 1. The zero-order valence-corrected chi connectivity index (χ0v) is 15.8. The van der Waals surface area contributed by atoms with Gasteiger partial charge in [0, 0.05) is 22.3 Å². The third-order valence-corrected chi connectivity index (χ3v) is 6.42. The number of carbonyl (C=O) groups is 1. The molecule has 136 valence electrons. The normalized spacial score (nSPS) is 14.0. The molecule has 1 fully saturated rings. The molecule has 0 atom stereocenters. The van der Waals surface area contributed by atoms with Gasteiger partial charge in [-0.25, -0.2) is 13.1 Å². The van der Waals surface area contributed by atoms with Crippen molar-refractivity contribution in [3.05, 3.63) is 66.7 Å².